The molecule has 0 aliphatic heterocycles. The van der Waals surface area contributed by atoms with E-state index in [9.17, 15) is 43.2 Å². The Morgan fingerprint density at radius 1 is 0.299 bits per heavy atom. The number of carbonyl (C=O) groups is 4. The summed E-state index contributed by atoms with van der Waals surface area (Å²) in [7, 11) is -9.92. The molecule has 0 heterocycles. The summed E-state index contributed by atoms with van der Waals surface area (Å²) in [5.41, 5.74) is 0. The van der Waals surface area contributed by atoms with Crippen LogP contribution in [0.15, 0.2) is 0 Å². The first-order chi connectivity index (χ1) is 46.9. The Hall–Kier alpha value is -1.94. The maximum absolute atomic E-state index is 13.1. The number of aliphatic hydroxyl groups excluding tert-OH is 1. The zero-order valence-electron chi connectivity index (χ0n) is 63.4. The van der Waals surface area contributed by atoms with Crippen LogP contribution in [0, 0.1) is 11.8 Å². The van der Waals surface area contributed by atoms with Crippen LogP contribution in [0.2, 0.25) is 0 Å². The maximum Gasteiger partial charge on any atom is 0.472 e. The van der Waals surface area contributed by atoms with Crippen LogP contribution in [0.1, 0.15) is 408 Å². The highest BCUT2D eigenvalue weighted by Gasteiger charge is 2.30. The number of unbranched alkanes of at least 4 members (excludes halogenated alkanes) is 46. The Balaban J connectivity index is 5.26. The standard InChI is InChI=1S/C78H152O17P2/c1-7-10-12-14-16-18-20-22-24-25-26-27-29-31-37-45-51-57-63-78(83)94-73(66-88-75(80)60-54-48-42-35-33-32-34-41-47-53-59-71(6)9-3)68-92-96(84,85)90-64-72(79)65-91-97(86,87)93-69-74(67-89-76(81)61-55-49-43-39-38-40-46-52-58-70(4)5)95-77(82)62-56-50-44-36-30-28-23-21-19-17-15-13-11-8-2/h70-74,79H,7-69H2,1-6H3,(H,84,85)(H,86,87)/t71?,72-,73-,74-/m1/s1. The molecule has 0 aliphatic rings. The Kier molecular flexibility index (Phi) is 68.4. The van der Waals surface area contributed by atoms with Gasteiger partial charge in [0, 0.05) is 25.7 Å². The van der Waals surface area contributed by atoms with E-state index in [4.69, 9.17) is 37.0 Å². The van der Waals surface area contributed by atoms with E-state index in [-0.39, 0.29) is 25.7 Å². The van der Waals surface area contributed by atoms with Gasteiger partial charge < -0.3 is 33.8 Å². The molecule has 17 nitrogen and oxygen atoms in total. The van der Waals surface area contributed by atoms with Gasteiger partial charge in [0.2, 0.25) is 0 Å². The van der Waals surface area contributed by atoms with Crippen molar-refractivity contribution in [3.05, 3.63) is 0 Å². The van der Waals surface area contributed by atoms with Gasteiger partial charge in [-0.3, -0.25) is 37.3 Å². The highest BCUT2D eigenvalue weighted by molar-refractivity contribution is 7.47. The third-order valence-corrected chi connectivity index (χ3v) is 20.5. The average molecular weight is 1420 g/mol. The number of esters is 4. The lowest BCUT2D eigenvalue weighted by atomic mass is 9.99. The van der Waals surface area contributed by atoms with Crippen molar-refractivity contribution >= 4 is 39.5 Å². The van der Waals surface area contributed by atoms with Crippen LogP contribution in [0.5, 0.6) is 0 Å². The van der Waals surface area contributed by atoms with E-state index in [2.05, 4.69) is 41.5 Å². The second-order valence-electron chi connectivity index (χ2n) is 28.8. The van der Waals surface area contributed by atoms with Gasteiger partial charge in [-0.25, -0.2) is 9.13 Å². The van der Waals surface area contributed by atoms with Crippen LogP contribution >= 0.6 is 15.6 Å². The van der Waals surface area contributed by atoms with Gasteiger partial charge in [0.25, 0.3) is 0 Å². The van der Waals surface area contributed by atoms with Crippen LogP contribution in [0.4, 0.5) is 0 Å². The second-order valence-corrected chi connectivity index (χ2v) is 31.7. The molecule has 0 aromatic rings. The topological polar surface area (TPSA) is 237 Å². The summed E-state index contributed by atoms with van der Waals surface area (Å²) in [5.74, 6) is -0.575. The Bertz CT molecular complexity index is 1870. The van der Waals surface area contributed by atoms with Crippen molar-refractivity contribution in [1.82, 2.24) is 0 Å². The zero-order chi connectivity index (χ0) is 71.4. The SMILES string of the molecule is CCCCCCCCCCCCCCCCCCCCC(=O)O[C@H](COC(=O)CCCCCCCCCCCCC(C)CC)COP(=O)(O)OC[C@@H](O)COP(=O)(O)OC[C@@H](COC(=O)CCCCCCCCCCC(C)C)OC(=O)CCCCCCCCCCCCCCCC. The molecule has 0 amide bonds. The highest BCUT2D eigenvalue weighted by atomic mass is 31.2. The van der Waals surface area contributed by atoms with Crippen molar-refractivity contribution in [2.24, 2.45) is 11.8 Å². The minimum absolute atomic E-state index is 0.107. The fourth-order valence-corrected chi connectivity index (χ4v) is 13.6. The third kappa shape index (κ3) is 70.9. The summed E-state index contributed by atoms with van der Waals surface area (Å²) in [6.07, 6.45) is 58.1. The smallest absolute Gasteiger partial charge is 0.462 e. The van der Waals surface area contributed by atoms with Gasteiger partial charge in [0.15, 0.2) is 12.2 Å². The molecule has 0 saturated carbocycles. The molecule has 0 spiro atoms. The Morgan fingerprint density at radius 3 is 0.784 bits per heavy atom. The molecule has 97 heavy (non-hydrogen) atoms. The zero-order valence-corrected chi connectivity index (χ0v) is 65.2. The van der Waals surface area contributed by atoms with Gasteiger partial charge >= 0.3 is 39.5 Å². The molecule has 0 saturated heterocycles. The lowest BCUT2D eigenvalue weighted by Gasteiger charge is -2.21. The van der Waals surface area contributed by atoms with Gasteiger partial charge in [-0.05, 0) is 37.5 Å². The molecular formula is C78H152O17P2. The quantitative estimate of drug-likeness (QED) is 0.0222. The Morgan fingerprint density at radius 2 is 0.526 bits per heavy atom. The normalized spacial score (nSPS) is 14.2. The average Bonchev–Trinajstić information content (AvgIpc) is 1.12. The van der Waals surface area contributed by atoms with Crippen LogP contribution in [-0.2, 0) is 65.4 Å². The first-order valence-corrected chi connectivity index (χ1v) is 43.5. The van der Waals surface area contributed by atoms with E-state index < -0.39 is 97.5 Å². The van der Waals surface area contributed by atoms with E-state index in [0.29, 0.717) is 25.7 Å². The van der Waals surface area contributed by atoms with E-state index in [1.54, 1.807) is 0 Å². The molecule has 576 valence electrons. The lowest BCUT2D eigenvalue weighted by molar-refractivity contribution is -0.161. The van der Waals surface area contributed by atoms with Crippen LogP contribution in [-0.4, -0.2) is 96.7 Å². The van der Waals surface area contributed by atoms with Crippen LogP contribution in [0.25, 0.3) is 0 Å². The molecule has 0 aliphatic carbocycles. The predicted octanol–water partition coefficient (Wildman–Crippen LogP) is 23.1. The van der Waals surface area contributed by atoms with E-state index in [1.807, 2.05) is 0 Å². The monoisotopic (exact) mass is 1420 g/mol. The van der Waals surface area contributed by atoms with Crippen molar-refractivity contribution in [2.75, 3.05) is 39.6 Å². The van der Waals surface area contributed by atoms with Gasteiger partial charge in [0.1, 0.15) is 19.3 Å². The number of carbonyl (C=O) groups excluding carboxylic acids is 4. The number of aliphatic hydroxyl groups is 1. The molecular weight excluding hydrogens is 1270 g/mol. The summed E-state index contributed by atoms with van der Waals surface area (Å²) in [5, 5.41) is 10.6. The van der Waals surface area contributed by atoms with E-state index in [0.717, 1.165) is 102 Å². The van der Waals surface area contributed by atoms with Gasteiger partial charge in [0.05, 0.1) is 26.4 Å². The van der Waals surface area contributed by atoms with Crippen LogP contribution < -0.4 is 0 Å². The third-order valence-electron chi connectivity index (χ3n) is 18.6. The minimum atomic E-state index is -4.96. The van der Waals surface area contributed by atoms with Crippen molar-refractivity contribution in [3.63, 3.8) is 0 Å². The fourth-order valence-electron chi connectivity index (χ4n) is 12.0. The van der Waals surface area contributed by atoms with Crippen molar-refractivity contribution in [3.8, 4) is 0 Å². The van der Waals surface area contributed by atoms with E-state index >= 15 is 0 Å². The molecule has 3 N–H and O–H groups in total. The first kappa shape index (κ1) is 95.1. The molecule has 0 radical (unpaired) electrons. The predicted molar refractivity (Wildman–Crippen MR) is 395 cm³/mol. The van der Waals surface area contributed by atoms with Crippen LogP contribution in [0.3, 0.4) is 0 Å². The number of hydrogen-bond acceptors (Lipinski definition) is 15. The van der Waals surface area contributed by atoms with Gasteiger partial charge in [-0.2, -0.15) is 0 Å². The summed E-state index contributed by atoms with van der Waals surface area (Å²) >= 11 is 0. The number of rotatable bonds is 77. The van der Waals surface area contributed by atoms with Crippen molar-refractivity contribution < 1.29 is 80.2 Å². The number of phosphoric acid groups is 2. The minimum Gasteiger partial charge on any atom is -0.462 e. The summed E-state index contributed by atoms with van der Waals surface area (Å²) in [6.45, 7) is 9.61. The number of phosphoric ester groups is 2. The maximum atomic E-state index is 13.1. The Labute approximate surface area is 594 Å². The summed E-state index contributed by atoms with van der Waals surface area (Å²) in [6, 6.07) is 0. The van der Waals surface area contributed by atoms with Gasteiger partial charge in [-0.15, -0.1) is 0 Å². The number of hydrogen-bond donors (Lipinski definition) is 3. The molecule has 6 atom stereocenters. The van der Waals surface area contributed by atoms with Gasteiger partial charge in [-0.1, -0.05) is 356 Å². The molecule has 0 aromatic carbocycles. The number of ether oxygens (including phenoxy) is 4. The molecule has 3 unspecified atom stereocenters. The molecule has 0 aromatic heterocycles. The lowest BCUT2D eigenvalue weighted by Crippen LogP contribution is -2.30. The van der Waals surface area contributed by atoms with Crippen molar-refractivity contribution in [1.29, 1.82) is 0 Å². The molecule has 0 bridgehead atoms. The summed E-state index contributed by atoms with van der Waals surface area (Å²) in [4.78, 5) is 72.9. The second kappa shape index (κ2) is 69.8. The van der Waals surface area contributed by atoms with Crippen molar-refractivity contribution in [2.45, 2.75) is 426 Å². The highest BCUT2D eigenvalue weighted by Crippen LogP contribution is 2.45. The fraction of sp³-hybridized carbons (Fsp3) is 0.949. The van der Waals surface area contributed by atoms with E-state index in [1.165, 1.54) is 225 Å². The molecule has 0 fully saturated rings. The first-order valence-electron chi connectivity index (χ1n) is 40.5. The molecule has 0 rings (SSSR count). The largest absolute Gasteiger partial charge is 0.472 e. The molecule has 19 heteroatoms. The summed E-state index contributed by atoms with van der Waals surface area (Å²) < 4.78 is 68.6.